The molecule has 1 rings (SSSR count). The van der Waals surface area contributed by atoms with Gasteiger partial charge >= 0.3 is 0 Å². The molecule has 142 valence electrons. The molecule has 2 atom stereocenters. The zero-order valence-corrected chi connectivity index (χ0v) is 16.3. The summed E-state index contributed by atoms with van der Waals surface area (Å²) in [5.41, 5.74) is -2.65. The summed E-state index contributed by atoms with van der Waals surface area (Å²) >= 11 is 0. The maximum atomic E-state index is 12.8. The molecule has 0 aromatic heterocycles. The SMILES string of the molecule is CC(C)CCC(=O)[C@]1(O)C(O)=C(C(=O)C(C)C)C(=O)[C@@H]1CCC(C)C. The van der Waals surface area contributed by atoms with Crippen LogP contribution in [0.3, 0.4) is 0 Å². The molecule has 0 bridgehead atoms. The zero-order chi connectivity index (χ0) is 19.5. The summed E-state index contributed by atoms with van der Waals surface area (Å²) < 4.78 is 0. The fourth-order valence-electron chi connectivity index (χ4n) is 3.14. The minimum Gasteiger partial charge on any atom is -0.508 e. The van der Waals surface area contributed by atoms with Crippen LogP contribution in [0.15, 0.2) is 11.3 Å². The number of hydrogen-bond donors (Lipinski definition) is 2. The van der Waals surface area contributed by atoms with E-state index in [1.54, 1.807) is 13.8 Å². The van der Waals surface area contributed by atoms with Crippen molar-refractivity contribution >= 4 is 17.3 Å². The third-order valence-corrected chi connectivity index (χ3v) is 4.84. The van der Waals surface area contributed by atoms with E-state index in [0.717, 1.165) is 0 Å². The number of aliphatic hydroxyl groups is 2. The molecule has 0 radical (unpaired) electrons. The molecule has 0 saturated carbocycles. The molecule has 0 fully saturated rings. The molecule has 0 aliphatic heterocycles. The van der Waals surface area contributed by atoms with Crippen molar-refractivity contribution in [2.45, 2.75) is 72.8 Å². The number of hydrogen-bond acceptors (Lipinski definition) is 5. The van der Waals surface area contributed by atoms with Gasteiger partial charge in [0.05, 0.1) is 5.92 Å². The third-order valence-electron chi connectivity index (χ3n) is 4.84. The summed E-state index contributed by atoms with van der Waals surface area (Å²) in [5, 5.41) is 21.6. The third kappa shape index (κ3) is 4.38. The van der Waals surface area contributed by atoms with E-state index >= 15 is 0 Å². The quantitative estimate of drug-likeness (QED) is 0.621. The molecule has 5 heteroatoms. The number of carbonyl (C=O) groups is 3. The standard InChI is InChI=1S/C20H32O5/c1-11(2)7-9-14-18(23)16(17(22)13(5)6)19(24)20(14,25)15(21)10-8-12(3)4/h11-14,24-25H,7-10H2,1-6H3/t14-,20-/m0/s1. The lowest BCUT2D eigenvalue weighted by molar-refractivity contribution is -0.145. The Morgan fingerprint density at radius 3 is 2.00 bits per heavy atom. The highest BCUT2D eigenvalue weighted by Crippen LogP contribution is 2.42. The van der Waals surface area contributed by atoms with Crippen LogP contribution in [-0.2, 0) is 14.4 Å². The van der Waals surface area contributed by atoms with Crippen LogP contribution < -0.4 is 0 Å². The molecular formula is C20H32O5. The van der Waals surface area contributed by atoms with E-state index < -0.39 is 40.5 Å². The average Bonchev–Trinajstić information content (AvgIpc) is 2.69. The normalized spacial score (nSPS) is 24.1. The Morgan fingerprint density at radius 2 is 1.56 bits per heavy atom. The number of aliphatic hydroxyl groups excluding tert-OH is 1. The molecule has 0 amide bonds. The first-order chi connectivity index (χ1) is 11.4. The van der Waals surface area contributed by atoms with Gasteiger partial charge in [0.25, 0.3) is 0 Å². The monoisotopic (exact) mass is 352 g/mol. The Balaban J connectivity index is 3.30. The Morgan fingerprint density at radius 1 is 1.04 bits per heavy atom. The zero-order valence-electron chi connectivity index (χ0n) is 16.3. The van der Waals surface area contributed by atoms with Gasteiger partial charge in [0.2, 0.25) is 0 Å². The molecule has 2 N–H and O–H groups in total. The summed E-state index contributed by atoms with van der Waals surface area (Å²) in [6.45, 7) is 11.1. The second-order valence-corrected chi connectivity index (χ2v) is 8.25. The van der Waals surface area contributed by atoms with Gasteiger partial charge in [0.15, 0.2) is 23.0 Å². The van der Waals surface area contributed by atoms with E-state index in [1.807, 2.05) is 27.7 Å². The smallest absolute Gasteiger partial charge is 0.190 e. The molecule has 1 aliphatic carbocycles. The van der Waals surface area contributed by atoms with Crippen molar-refractivity contribution in [2.24, 2.45) is 23.7 Å². The van der Waals surface area contributed by atoms with Gasteiger partial charge in [-0.05, 0) is 24.7 Å². The summed E-state index contributed by atoms with van der Waals surface area (Å²) in [6, 6.07) is 0. The Kier molecular flexibility index (Phi) is 7.12. The Labute approximate surface area is 150 Å². The number of allylic oxidation sites excluding steroid dienone is 1. The molecule has 5 nitrogen and oxygen atoms in total. The maximum Gasteiger partial charge on any atom is 0.190 e. The van der Waals surface area contributed by atoms with Crippen LogP contribution in [0.25, 0.3) is 0 Å². The minimum absolute atomic E-state index is 0.0623. The fourth-order valence-corrected chi connectivity index (χ4v) is 3.14. The molecule has 25 heavy (non-hydrogen) atoms. The molecule has 1 aliphatic rings. The van der Waals surface area contributed by atoms with E-state index in [9.17, 15) is 24.6 Å². The minimum atomic E-state index is -2.26. The largest absolute Gasteiger partial charge is 0.508 e. The predicted molar refractivity (Wildman–Crippen MR) is 96.1 cm³/mol. The lowest BCUT2D eigenvalue weighted by Gasteiger charge is -2.28. The number of carbonyl (C=O) groups excluding carboxylic acids is 3. The van der Waals surface area contributed by atoms with E-state index in [1.165, 1.54) is 0 Å². The van der Waals surface area contributed by atoms with Gasteiger partial charge < -0.3 is 10.2 Å². The second-order valence-electron chi connectivity index (χ2n) is 8.25. The van der Waals surface area contributed by atoms with Crippen LogP contribution in [0, 0.1) is 23.7 Å². The summed E-state index contributed by atoms with van der Waals surface area (Å²) in [6.07, 6.45) is 1.49. The molecule has 0 aromatic carbocycles. The highest BCUT2D eigenvalue weighted by molar-refractivity contribution is 6.26. The van der Waals surface area contributed by atoms with E-state index in [2.05, 4.69) is 0 Å². The lowest BCUT2D eigenvalue weighted by Crippen LogP contribution is -2.47. The van der Waals surface area contributed by atoms with E-state index in [0.29, 0.717) is 12.8 Å². The van der Waals surface area contributed by atoms with Crippen LogP contribution in [0.5, 0.6) is 0 Å². The van der Waals surface area contributed by atoms with E-state index in [-0.39, 0.29) is 30.3 Å². The fraction of sp³-hybridized carbons (Fsp3) is 0.750. The molecule has 0 heterocycles. The van der Waals surface area contributed by atoms with Gasteiger partial charge in [-0.15, -0.1) is 0 Å². The summed E-state index contributed by atoms with van der Waals surface area (Å²) in [4.78, 5) is 37.9. The van der Waals surface area contributed by atoms with Crippen molar-refractivity contribution in [3.63, 3.8) is 0 Å². The molecule has 0 saturated heterocycles. The Bertz CT molecular complexity index is 571. The van der Waals surface area contributed by atoms with Gasteiger partial charge in [-0.25, -0.2) is 0 Å². The first-order valence-electron chi connectivity index (χ1n) is 9.22. The van der Waals surface area contributed by atoms with Crippen molar-refractivity contribution in [2.75, 3.05) is 0 Å². The summed E-state index contributed by atoms with van der Waals surface area (Å²) in [5.74, 6) is -3.49. The lowest BCUT2D eigenvalue weighted by atomic mass is 9.79. The van der Waals surface area contributed by atoms with Crippen LogP contribution >= 0.6 is 0 Å². The van der Waals surface area contributed by atoms with Gasteiger partial charge in [-0.1, -0.05) is 48.0 Å². The molecule has 0 spiro atoms. The van der Waals surface area contributed by atoms with Crippen molar-refractivity contribution < 1.29 is 24.6 Å². The van der Waals surface area contributed by atoms with Gasteiger partial charge in [-0.3, -0.25) is 14.4 Å². The van der Waals surface area contributed by atoms with Crippen LogP contribution in [0.2, 0.25) is 0 Å². The number of Topliss-reactive ketones (excluding diaryl/α,β-unsaturated/α-hetero) is 3. The van der Waals surface area contributed by atoms with Crippen molar-refractivity contribution in [3.05, 3.63) is 11.3 Å². The Hall–Kier alpha value is -1.49. The first-order valence-corrected chi connectivity index (χ1v) is 9.22. The summed E-state index contributed by atoms with van der Waals surface area (Å²) in [7, 11) is 0. The molecule has 0 unspecified atom stereocenters. The van der Waals surface area contributed by atoms with Crippen LogP contribution in [-0.4, -0.2) is 33.2 Å². The number of rotatable bonds is 9. The van der Waals surface area contributed by atoms with Gasteiger partial charge in [0.1, 0.15) is 11.3 Å². The second kappa shape index (κ2) is 8.26. The predicted octanol–water partition coefficient (Wildman–Crippen LogP) is 3.40. The van der Waals surface area contributed by atoms with Crippen molar-refractivity contribution in [3.8, 4) is 0 Å². The van der Waals surface area contributed by atoms with Crippen LogP contribution in [0.1, 0.15) is 67.2 Å². The number of ketones is 3. The molecule has 0 aromatic rings. The topological polar surface area (TPSA) is 91.7 Å². The van der Waals surface area contributed by atoms with Crippen molar-refractivity contribution in [1.82, 2.24) is 0 Å². The highest BCUT2D eigenvalue weighted by Gasteiger charge is 2.58. The first kappa shape index (κ1) is 21.6. The average molecular weight is 352 g/mol. The maximum absolute atomic E-state index is 12.8. The highest BCUT2D eigenvalue weighted by atomic mass is 16.3. The van der Waals surface area contributed by atoms with E-state index in [4.69, 9.17) is 0 Å². The molecular weight excluding hydrogens is 320 g/mol. The van der Waals surface area contributed by atoms with Gasteiger partial charge in [0, 0.05) is 12.3 Å². The van der Waals surface area contributed by atoms with Gasteiger partial charge in [-0.2, -0.15) is 0 Å². The van der Waals surface area contributed by atoms with Crippen molar-refractivity contribution in [1.29, 1.82) is 0 Å². The van der Waals surface area contributed by atoms with Crippen LogP contribution in [0.4, 0.5) is 0 Å².